The third-order valence-corrected chi connectivity index (χ3v) is 8.97. The quantitative estimate of drug-likeness (QED) is 0.222. The molecule has 0 spiro atoms. The lowest BCUT2D eigenvalue weighted by Crippen LogP contribution is -1.97. The van der Waals surface area contributed by atoms with Crippen LogP contribution in [0.4, 0.5) is 0 Å². The van der Waals surface area contributed by atoms with Crippen molar-refractivity contribution >= 4 is 38.8 Å². The fourth-order valence-electron chi connectivity index (χ4n) is 7.00. The topological polar surface area (TPSA) is 19.1 Å². The van der Waals surface area contributed by atoms with Crippen LogP contribution in [-0.2, 0) is 0 Å². The minimum absolute atomic E-state index is 0.694. The van der Waals surface area contributed by atoms with E-state index in [1.807, 2.05) is 0 Å². The number of benzene rings is 5. The number of fused-ring (bicyclic) bond motifs is 8. The molecule has 0 saturated heterocycles. The smallest absolute Gasteiger partial charge is 0.127 e. The molecule has 2 atom stereocenters. The van der Waals surface area contributed by atoms with E-state index in [0.717, 1.165) is 23.1 Å². The molecule has 2 aliphatic rings. The van der Waals surface area contributed by atoms with Gasteiger partial charge >= 0.3 is 0 Å². The summed E-state index contributed by atoms with van der Waals surface area (Å²) in [6, 6.07) is 43.0. The van der Waals surface area contributed by atoms with Gasteiger partial charge in [-0.05, 0) is 103 Å². The maximum atomic E-state index is 6.31. The molecule has 0 N–H and O–H groups in total. The first-order valence-corrected chi connectivity index (χ1v) is 14.5. The van der Waals surface area contributed by atoms with Crippen LogP contribution in [0.3, 0.4) is 0 Å². The van der Waals surface area contributed by atoms with Crippen molar-refractivity contribution in [2.45, 2.75) is 18.8 Å². The summed E-state index contributed by atoms with van der Waals surface area (Å²) < 4.78 is 11.1. The van der Waals surface area contributed by atoms with Crippen molar-refractivity contribution in [1.82, 2.24) is 9.13 Å². The van der Waals surface area contributed by atoms with Gasteiger partial charge in [0.25, 0.3) is 0 Å². The number of para-hydroxylation sites is 3. The molecule has 0 amide bonds. The van der Waals surface area contributed by atoms with E-state index < -0.39 is 0 Å². The van der Waals surface area contributed by atoms with Crippen molar-refractivity contribution in [1.29, 1.82) is 0 Å². The largest absolute Gasteiger partial charge is 0.457 e. The van der Waals surface area contributed by atoms with Gasteiger partial charge in [0.15, 0.2) is 0 Å². The molecule has 7 aromatic rings. The molecule has 2 aliphatic carbocycles. The van der Waals surface area contributed by atoms with E-state index in [4.69, 9.17) is 4.74 Å². The van der Waals surface area contributed by atoms with Gasteiger partial charge in [0.05, 0.1) is 16.6 Å². The lowest BCUT2D eigenvalue weighted by molar-refractivity contribution is 0.482. The van der Waals surface area contributed by atoms with Crippen LogP contribution >= 0.6 is 0 Å². The molecule has 0 radical (unpaired) electrons. The van der Waals surface area contributed by atoms with E-state index in [1.54, 1.807) is 0 Å². The first kappa shape index (κ1) is 22.8. The van der Waals surface area contributed by atoms with Crippen molar-refractivity contribution in [3.05, 3.63) is 139 Å². The van der Waals surface area contributed by atoms with Crippen LogP contribution in [-0.4, -0.2) is 9.13 Å². The fraction of sp³-hybridized carbons (Fsp3) is 0.105. The van der Waals surface area contributed by atoms with Gasteiger partial charge in [0, 0.05) is 33.2 Å². The molecule has 2 unspecified atom stereocenters. The molecule has 1 fully saturated rings. The van der Waals surface area contributed by atoms with Gasteiger partial charge in [-0.2, -0.15) is 0 Å². The monoisotopic (exact) mass is 528 g/mol. The SMILES string of the molecule is C1=Cc2c(c3ccccc3n2-c2ccc(Oc3ccc(-n4c5ccccc5c5ccccc54)cc3)cc2)C2CC2C1. The fourth-order valence-corrected chi connectivity index (χ4v) is 7.00. The molecule has 3 nitrogen and oxygen atoms in total. The average molecular weight is 529 g/mol. The van der Waals surface area contributed by atoms with Crippen LogP contribution in [0.1, 0.15) is 30.0 Å². The maximum absolute atomic E-state index is 6.31. The summed E-state index contributed by atoms with van der Waals surface area (Å²) in [5, 5.41) is 3.93. The van der Waals surface area contributed by atoms with E-state index in [0.29, 0.717) is 5.92 Å². The zero-order chi connectivity index (χ0) is 26.9. The summed E-state index contributed by atoms with van der Waals surface area (Å²) in [6.07, 6.45) is 7.21. The van der Waals surface area contributed by atoms with Crippen molar-refractivity contribution in [3.63, 3.8) is 0 Å². The number of rotatable bonds is 4. The van der Waals surface area contributed by atoms with Crippen molar-refractivity contribution in [2.24, 2.45) is 5.92 Å². The highest BCUT2D eigenvalue weighted by molar-refractivity contribution is 6.09. The second-order valence-corrected chi connectivity index (χ2v) is 11.4. The summed E-state index contributed by atoms with van der Waals surface area (Å²) in [5.74, 6) is 3.16. The Hall–Kier alpha value is -5.02. The normalized spacial score (nSPS) is 17.5. The van der Waals surface area contributed by atoms with Gasteiger partial charge in [0.2, 0.25) is 0 Å². The van der Waals surface area contributed by atoms with Gasteiger partial charge in [-0.15, -0.1) is 0 Å². The zero-order valence-corrected chi connectivity index (χ0v) is 22.6. The van der Waals surface area contributed by atoms with Gasteiger partial charge in [-0.1, -0.05) is 60.7 Å². The van der Waals surface area contributed by atoms with Crippen LogP contribution in [0.2, 0.25) is 0 Å². The molecular formula is C38H28N2O. The zero-order valence-electron chi connectivity index (χ0n) is 22.6. The van der Waals surface area contributed by atoms with Crippen molar-refractivity contribution in [3.8, 4) is 22.9 Å². The molecule has 1 saturated carbocycles. The van der Waals surface area contributed by atoms with Gasteiger partial charge in [-0.3, -0.25) is 0 Å². The van der Waals surface area contributed by atoms with Crippen LogP contribution in [0.25, 0.3) is 50.2 Å². The molecule has 0 aliphatic heterocycles. The predicted octanol–water partition coefficient (Wildman–Crippen LogP) is 10.0. The Morgan fingerprint density at radius 3 is 1.66 bits per heavy atom. The lowest BCUT2D eigenvalue weighted by Gasteiger charge is -2.12. The Bertz CT molecular complexity index is 2070. The molecule has 0 bridgehead atoms. The summed E-state index contributed by atoms with van der Waals surface area (Å²) in [5.41, 5.74) is 8.86. The highest BCUT2D eigenvalue weighted by atomic mass is 16.5. The summed E-state index contributed by atoms with van der Waals surface area (Å²) in [6.45, 7) is 0. The lowest BCUT2D eigenvalue weighted by atomic mass is 10.1. The van der Waals surface area contributed by atoms with Crippen LogP contribution < -0.4 is 4.74 Å². The Morgan fingerprint density at radius 1 is 0.537 bits per heavy atom. The number of hydrogen-bond acceptors (Lipinski definition) is 1. The second kappa shape index (κ2) is 8.74. The van der Waals surface area contributed by atoms with Crippen molar-refractivity contribution in [2.75, 3.05) is 0 Å². The molecule has 9 rings (SSSR count). The molecule has 2 heterocycles. The van der Waals surface area contributed by atoms with Crippen LogP contribution in [0.5, 0.6) is 11.5 Å². The molecule has 41 heavy (non-hydrogen) atoms. The number of aromatic nitrogens is 2. The third-order valence-electron chi connectivity index (χ3n) is 8.97. The first-order valence-electron chi connectivity index (χ1n) is 14.5. The summed E-state index contributed by atoms with van der Waals surface area (Å²) in [4.78, 5) is 0. The standard InChI is InChI=1S/C38H28N2O/c1-4-12-34-30(9-1)31-10-2-5-13-35(31)39(34)26-16-20-28(21-17-26)41-29-22-18-27(19-23-29)40-36-14-6-3-11-32(36)38-33-24-25(33)8-7-15-37(38)40/h1-7,9-23,25,33H,8,24H2. The molecule has 196 valence electrons. The highest BCUT2D eigenvalue weighted by Gasteiger charge is 2.42. The Labute approximate surface area is 238 Å². The second-order valence-electron chi connectivity index (χ2n) is 11.4. The molecule has 5 aromatic carbocycles. The van der Waals surface area contributed by atoms with Crippen LogP contribution in [0.15, 0.2) is 127 Å². The third kappa shape index (κ3) is 3.52. The highest BCUT2D eigenvalue weighted by Crippen LogP contribution is 2.55. The number of nitrogens with zero attached hydrogens (tertiary/aromatic N) is 2. The van der Waals surface area contributed by atoms with Gasteiger partial charge in [0.1, 0.15) is 11.5 Å². The molecule has 3 heteroatoms. The summed E-state index contributed by atoms with van der Waals surface area (Å²) in [7, 11) is 0. The Morgan fingerprint density at radius 2 is 1.05 bits per heavy atom. The number of hydrogen-bond donors (Lipinski definition) is 0. The molecule has 2 aromatic heterocycles. The predicted molar refractivity (Wildman–Crippen MR) is 169 cm³/mol. The maximum Gasteiger partial charge on any atom is 0.127 e. The Kier molecular flexibility index (Phi) is 4.85. The van der Waals surface area contributed by atoms with E-state index >= 15 is 0 Å². The van der Waals surface area contributed by atoms with Gasteiger partial charge in [-0.25, -0.2) is 0 Å². The minimum atomic E-state index is 0.694. The van der Waals surface area contributed by atoms with Gasteiger partial charge < -0.3 is 13.9 Å². The molecular weight excluding hydrogens is 500 g/mol. The first-order chi connectivity index (χ1) is 20.3. The van der Waals surface area contributed by atoms with E-state index in [1.165, 1.54) is 62.5 Å². The van der Waals surface area contributed by atoms with E-state index in [2.05, 4.69) is 143 Å². The number of ether oxygens (including phenoxy) is 1. The van der Waals surface area contributed by atoms with E-state index in [9.17, 15) is 0 Å². The Balaban J connectivity index is 1.04. The number of allylic oxidation sites excluding steroid dienone is 1. The summed E-state index contributed by atoms with van der Waals surface area (Å²) >= 11 is 0. The van der Waals surface area contributed by atoms with Crippen LogP contribution in [0, 0.1) is 5.92 Å². The van der Waals surface area contributed by atoms with E-state index in [-0.39, 0.29) is 0 Å². The van der Waals surface area contributed by atoms with Crippen molar-refractivity contribution < 1.29 is 4.74 Å². The average Bonchev–Trinajstić information content (AvgIpc) is 3.64. The minimum Gasteiger partial charge on any atom is -0.457 e.